The van der Waals surface area contributed by atoms with Crippen molar-refractivity contribution < 1.29 is 18.3 Å². The highest BCUT2D eigenvalue weighted by Gasteiger charge is 2.42. The number of rotatable bonds is 6. The van der Waals surface area contributed by atoms with E-state index in [1.807, 2.05) is 0 Å². The quantitative estimate of drug-likeness (QED) is 0.824. The van der Waals surface area contributed by atoms with Crippen LogP contribution in [0.25, 0.3) is 0 Å². The number of aliphatic hydroxyl groups is 1. The summed E-state index contributed by atoms with van der Waals surface area (Å²) >= 11 is 0. The molecule has 1 aliphatic heterocycles. The number of ether oxygens (including phenoxy) is 1. The SMILES string of the molecule is O=S(=O)(NC1CCOC1C1CC1)c1ccc(CCO)cc1. The maximum Gasteiger partial charge on any atom is 0.240 e. The maximum absolute atomic E-state index is 12.4. The van der Waals surface area contributed by atoms with Crippen LogP contribution in [0, 0.1) is 5.92 Å². The van der Waals surface area contributed by atoms with Gasteiger partial charge in [-0.2, -0.15) is 0 Å². The number of hydrogen-bond donors (Lipinski definition) is 2. The van der Waals surface area contributed by atoms with Gasteiger partial charge in [-0.25, -0.2) is 13.1 Å². The molecular formula is C15H21NO4S. The van der Waals surface area contributed by atoms with E-state index in [-0.39, 0.29) is 23.6 Å². The molecule has 0 bridgehead atoms. The van der Waals surface area contributed by atoms with E-state index < -0.39 is 10.0 Å². The zero-order chi connectivity index (χ0) is 14.9. The first-order chi connectivity index (χ1) is 10.1. The van der Waals surface area contributed by atoms with Gasteiger partial charge in [0.25, 0.3) is 0 Å². The van der Waals surface area contributed by atoms with Crippen LogP contribution in [0.15, 0.2) is 29.2 Å². The van der Waals surface area contributed by atoms with E-state index in [0.29, 0.717) is 18.9 Å². The zero-order valence-corrected chi connectivity index (χ0v) is 12.7. The molecule has 1 saturated heterocycles. The van der Waals surface area contributed by atoms with Crippen molar-refractivity contribution in [3.63, 3.8) is 0 Å². The van der Waals surface area contributed by atoms with Crippen LogP contribution in [0.2, 0.25) is 0 Å². The highest BCUT2D eigenvalue weighted by Crippen LogP contribution is 2.39. The number of sulfonamides is 1. The summed E-state index contributed by atoms with van der Waals surface area (Å²) in [5.41, 5.74) is 0.927. The van der Waals surface area contributed by atoms with Crippen molar-refractivity contribution in [2.75, 3.05) is 13.2 Å². The summed E-state index contributed by atoms with van der Waals surface area (Å²) in [6.07, 6.45) is 3.59. The van der Waals surface area contributed by atoms with Gasteiger partial charge < -0.3 is 9.84 Å². The molecule has 2 fully saturated rings. The molecule has 2 unspecified atom stereocenters. The average molecular weight is 311 g/mol. The van der Waals surface area contributed by atoms with Gasteiger partial charge in [0.15, 0.2) is 0 Å². The summed E-state index contributed by atoms with van der Waals surface area (Å²) in [6, 6.07) is 6.56. The van der Waals surface area contributed by atoms with Gasteiger partial charge in [-0.05, 0) is 49.3 Å². The third-order valence-corrected chi connectivity index (χ3v) is 5.67. The van der Waals surface area contributed by atoms with Crippen LogP contribution in [0.5, 0.6) is 0 Å². The molecule has 116 valence electrons. The molecule has 21 heavy (non-hydrogen) atoms. The molecule has 1 saturated carbocycles. The third kappa shape index (κ3) is 3.45. The van der Waals surface area contributed by atoms with E-state index in [0.717, 1.165) is 24.8 Å². The Morgan fingerprint density at radius 2 is 1.90 bits per heavy atom. The van der Waals surface area contributed by atoms with Crippen molar-refractivity contribution in [3.05, 3.63) is 29.8 Å². The molecule has 0 amide bonds. The Bertz CT molecular complexity index is 580. The van der Waals surface area contributed by atoms with E-state index >= 15 is 0 Å². The summed E-state index contributed by atoms with van der Waals surface area (Å²) in [7, 11) is -3.51. The standard InChI is InChI=1S/C15H21NO4S/c17-9-7-11-1-5-13(6-2-11)21(18,19)16-14-8-10-20-15(14)12-3-4-12/h1-2,5-6,12,14-17H,3-4,7-10H2. The van der Waals surface area contributed by atoms with Crippen LogP contribution in [-0.4, -0.2) is 38.9 Å². The Hall–Kier alpha value is -0.950. The van der Waals surface area contributed by atoms with Crippen LogP contribution in [0.3, 0.4) is 0 Å². The van der Waals surface area contributed by atoms with Gasteiger partial charge in [-0.3, -0.25) is 0 Å². The predicted octanol–water partition coefficient (Wildman–Crippen LogP) is 1.07. The minimum atomic E-state index is -3.51. The van der Waals surface area contributed by atoms with Gasteiger partial charge in [-0.1, -0.05) is 12.1 Å². The molecule has 6 heteroatoms. The molecule has 2 atom stereocenters. The van der Waals surface area contributed by atoms with Gasteiger partial charge in [0.1, 0.15) is 0 Å². The topological polar surface area (TPSA) is 75.6 Å². The molecule has 1 heterocycles. The van der Waals surface area contributed by atoms with Crippen molar-refractivity contribution in [2.45, 2.75) is 42.7 Å². The Kier molecular flexibility index (Phi) is 4.31. The summed E-state index contributed by atoms with van der Waals surface area (Å²) in [5.74, 6) is 0.520. The van der Waals surface area contributed by atoms with Crippen molar-refractivity contribution in [1.82, 2.24) is 4.72 Å². The Morgan fingerprint density at radius 1 is 1.19 bits per heavy atom. The highest BCUT2D eigenvalue weighted by atomic mass is 32.2. The number of nitrogens with one attached hydrogen (secondary N) is 1. The minimum Gasteiger partial charge on any atom is -0.396 e. The maximum atomic E-state index is 12.4. The smallest absolute Gasteiger partial charge is 0.240 e. The minimum absolute atomic E-state index is 0.0356. The fourth-order valence-electron chi connectivity index (χ4n) is 2.86. The lowest BCUT2D eigenvalue weighted by molar-refractivity contribution is 0.0848. The van der Waals surface area contributed by atoms with Crippen LogP contribution in [0.4, 0.5) is 0 Å². The average Bonchev–Trinajstić information content (AvgIpc) is 3.20. The van der Waals surface area contributed by atoms with E-state index in [4.69, 9.17) is 9.84 Å². The second kappa shape index (κ2) is 6.04. The first-order valence-electron chi connectivity index (χ1n) is 7.44. The molecule has 1 aliphatic carbocycles. The largest absolute Gasteiger partial charge is 0.396 e. The molecule has 1 aromatic rings. The van der Waals surface area contributed by atoms with Crippen molar-refractivity contribution >= 4 is 10.0 Å². The molecule has 3 rings (SSSR count). The predicted molar refractivity (Wildman–Crippen MR) is 78.4 cm³/mol. The zero-order valence-electron chi connectivity index (χ0n) is 11.9. The number of hydrogen-bond acceptors (Lipinski definition) is 4. The molecular weight excluding hydrogens is 290 g/mol. The van der Waals surface area contributed by atoms with Crippen molar-refractivity contribution in [2.24, 2.45) is 5.92 Å². The van der Waals surface area contributed by atoms with Crippen LogP contribution < -0.4 is 4.72 Å². The summed E-state index contributed by atoms with van der Waals surface area (Å²) < 4.78 is 33.3. The van der Waals surface area contributed by atoms with E-state index in [2.05, 4.69) is 4.72 Å². The van der Waals surface area contributed by atoms with Crippen molar-refractivity contribution in [1.29, 1.82) is 0 Å². The monoisotopic (exact) mass is 311 g/mol. The third-order valence-electron chi connectivity index (χ3n) is 4.16. The molecule has 0 spiro atoms. The molecule has 0 radical (unpaired) electrons. The fourth-order valence-corrected chi connectivity index (χ4v) is 4.14. The lowest BCUT2D eigenvalue weighted by atomic mass is 10.1. The van der Waals surface area contributed by atoms with Gasteiger partial charge in [0, 0.05) is 13.2 Å². The van der Waals surface area contributed by atoms with Crippen LogP contribution in [0.1, 0.15) is 24.8 Å². The fraction of sp³-hybridized carbons (Fsp3) is 0.600. The normalized spacial score (nSPS) is 26.1. The molecule has 1 aromatic carbocycles. The van der Waals surface area contributed by atoms with Gasteiger partial charge in [-0.15, -0.1) is 0 Å². The first-order valence-corrected chi connectivity index (χ1v) is 8.92. The highest BCUT2D eigenvalue weighted by molar-refractivity contribution is 7.89. The Labute approximate surface area is 125 Å². The molecule has 2 N–H and O–H groups in total. The lowest BCUT2D eigenvalue weighted by Crippen LogP contribution is -2.41. The van der Waals surface area contributed by atoms with E-state index in [1.165, 1.54) is 0 Å². The van der Waals surface area contributed by atoms with Gasteiger partial charge in [0.05, 0.1) is 17.0 Å². The molecule has 0 aromatic heterocycles. The van der Waals surface area contributed by atoms with Crippen LogP contribution >= 0.6 is 0 Å². The van der Waals surface area contributed by atoms with Crippen LogP contribution in [-0.2, 0) is 21.2 Å². The van der Waals surface area contributed by atoms with Crippen molar-refractivity contribution in [3.8, 4) is 0 Å². The molecule has 2 aliphatic rings. The second-order valence-corrected chi connectivity index (χ2v) is 7.52. The summed E-state index contributed by atoms with van der Waals surface area (Å²) in [5, 5.41) is 8.88. The van der Waals surface area contributed by atoms with E-state index in [1.54, 1.807) is 24.3 Å². The Morgan fingerprint density at radius 3 is 2.52 bits per heavy atom. The lowest BCUT2D eigenvalue weighted by Gasteiger charge is -2.19. The van der Waals surface area contributed by atoms with E-state index in [9.17, 15) is 8.42 Å². The first kappa shape index (κ1) is 15.0. The second-order valence-electron chi connectivity index (χ2n) is 5.81. The van der Waals surface area contributed by atoms with Gasteiger partial charge in [0.2, 0.25) is 10.0 Å². The number of aliphatic hydroxyl groups excluding tert-OH is 1. The van der Waals surface area contributed by atoms with Gasteiger partial charge >= 0.3 is 0 Å². The number of benzene rings is 1. The Balaban J connectivity index is 1.70. The summed E-state index contributed by atoms with van der Waals surface area (Å²) in [6.45, 7) is 0.691. The molecule has 5 nitrogen and oxygen atoms in total. The summed E-state index contributed by atoms with van der Waals surface area (Å²) in [4.78, 5) is 0.269.